The highest BCUT2D eigenvalue weighted by Crippen LogP contribution is 1.79. The van der Waals surface area contributed by atoms with Gasteiger partial charge in [0.2, 0.25) is 0 Å². The van der Waals surface area contributed by atoms with E-state index in [9.17, 15) is 0 Å². The van der Waals surface area contributed by atoms with Crippen LogP contribution in [0.2, 0.25) is 0 Å². The molecule has 0 atom stereocenters. The fourth-order valence-electron chi connectivity index (χ4n) is 0.275. The maximum Gasteiger partial charge on any atom is 0.171 e. The Kier molecular flexibility index (Phi) is 4.21. The molecule has 0 heterocycles. The first-order valence-corrected chi connectivity index (χ1v) is 2.43. The quantitative estimate of drug-likeness (QED) is 0.403. The van der Waals surface area contributed by atoms with Crippen molar-refractivity contribution in [3.05, 3.63) is 24.3 Å². The van der Waals surface area contributed by atoms with Gasteiger partial charge < -0.3 is 10.2 Å². The molecule has 46 valence electrons. The van der Waals surface area contributed by atoms with Crippen LogP contribution >= 0.6 is 0 Å². The van der Waals surface area contributed by atoms with Crippen molar-refractivity contribution in [3.8, 4) is 0 Å². The zero-order valence-electron chi connectivity index (χ0n) is 4.78. The van der Waals surface area contributed by atoms with E-state index in [4.69, 9.17) is 10.2 Å². The highest BCUT2D eigenvalue weighted by atomic mass is 16.5. The molecule has 0 rings (SSSR count). The molecule has 0 unspecified atom stereocenters. The van der Waals surface area contributed by atoms with Crippen LogP contribution in [0, 0.1) is 0 Å². The van der Waals surface area contributed by atoms with E-state index in [-0.39, 0.29) is 0 Å². The van der Waals surface area contributed by atoms with E-state index in [1.165, 1.54) is 6.08 Å². The Morgan fingerprint density at radius 2 is 1.88 bits per heavy atom. The number of hydrogen-bond donors (Lipinski definition) is 2. The van der Waals surface area contributed by atoms with Gasteiger partial charge in [0, 0.05) is 0 Å². The number of hydrogen-bond acceptors (Lipinski definition) is 2. The molecule has 0 aromatic heterocycles. The lowest BCUT2D eigenvalue weighted by atomic mass is 10.4. The summed E-state index contributed by atoms with van der Waals surface area (Å²) in [6.45, 7) is 1.86. The van der Waals surface area contributed by atoms with Crippen LogP contribution in [0.15, 0.2) is 24.3 Å². The van der Waals surface area contributed by atoms with Crippen molar-refractivity contribution in [3.63, 3.8) is 0 Å². The van der Waals surface area contributed by atoms with E-state index in [1.807, 2.05) is 6.92 Å². The Labute approximate surface area is 48.8 Å². The lowest BCUT2D eigenvalue weighted by molar-refractivity contribution is 0.00239. The van der Waals surface area contributed by atoms with Crippen molar-refractivity contribution >= 4 is 0 Å². The minimum absolute atomic E-state index is 1.28. The highest BCUT2D eigenvalue weighted by Gasteiger charge is 1.80. The standard InChI is InChI=1S/C6H10O2/c1-2-3-4-5-6(7)8/h2-8H,1H3. The fourth-order valence-corrected chi connectivity index (χ4v) is 0.275. The smallest absolute Gasteiger partial charge is 0.171 e. The molecular formula is C6H10O2. The molecule has 8 heavy (non-hydrogen) atoms. The Morgan fingerprint density at radius 3 is 2.25 bits per heavy atom. The van der Waals surface area contributed by atoms with Crippen LogP contribution in [-0.4, -0.2) is 16.5 Å². The van der Waals surface area contributed by atoms with E-state index >= 15 is 0 Å². The summed E-state index contributed by atoms with van der Waals surface area (Å²) in [5.41, 5.74) is 0. The summed E-state index contributed by atoms with van der Waals surface area (Å²) < 4.78 is 0. The molecule has 0 aliphatic rings. The van der Waals surface area contributed by atoms with Crippen LogP contribution in [0.4, 0.5) is 0 Å². The summed E-state index contributed by atoms with van der Waals surface area (Å²) in [4.78, 5) is 0. The van der Waals surface area contributed by atoms with E-state index in [2.05, 4.69) is 0 Å². The molecule has 0 radical (unpaired) electrons. The van der Waals surface area contributed by atoms with Crippen LogP contribution in [0.1, 0.15) is 6.92 Å². The Balaban J connectivity index is 3.34. The molecule has 0 amide bonds. The SMILES string of the molecule is CC=CC=CC(O)O. The third-order valence-electron chi connectivity index (χ3n) is 0.587. The van der Waals surface area contributed by atoms with Crippen molar-refractivity contribution in [1.29, 1.82) is 0 Å². The van der Waals surface area contributed by atoms with Gasteiger partial charge >= 0.3 is 0 Å². The summed E-state index contributed by atoms with van der Waals surface area (Å²) in [6.07, 6.45) is 5.05. The number of rotatable bonds is 2. The van der Waals surface area contributed by atoms with Crippen molar-refractivity contribution in [2.75, 3.05) is 0 Å². The molecule has 0 aliphatic heterocycles. The van der Waals surface area contributed by atoms with E-state index in [0.29, 0.717) is 0 Å². The van der Waals surface area contributed by atoms with Crippen LogP contribution in [0.5, 0.6) is 0 Å². The van der Waals surface area contributed by atoms with Crippen molar-refractivity contribution in [2.24, 2.45) is 0 Å². The molecule has 0 fully saturated rings. The van der Waals surface area contributed by atoms with Gasteiger partial charge in [0.25, 0.3) is 0 Å². The first-order chi connectivity index (χ1) is 3.77. The Bertz CT molecular complexity index is 92.7. The molecule has 0 aliphatic carbocycles. The minimum atomic E-state index is -1.33. The highest BCUT2D eigenvalue weighted by molar-refractivity contribution is 5.01. The van der Waals surface area contributed by atoms with Crippen LogP contribution in [-0.2, 0) is 0 Å². The Morgan fingerprint density at radius 1 is 1.25 bits per heavy atom. The van der Waals surface area contributed by atoms with Gasteiger partial charge in [-0.2, -0.15) is 0 Å². The lowest BCUT2D eigenvalue weighted by Gasteiger charge is -1.87. The maximum atomic E-state index is 8.21. The first-order valence-electron chi connectivity index (χ1n) is 2.43. The van der Waals surface area contributed by atoms with Gasteiger partial charge in [-0.25, -0.2) is 0 Å². The summed E-state index contributed by atoms with van der Waals surface area (Å²) in [7, 11) is 0. The van der Waals surface area contributed by atoms with Gasteiger partial charge in [-0.1, -0.05) is 18.2 Å². The van der Waals surface area contributed by atoms with Crippen LogP contribution in [0.25, 0.3) is 0 Å². The second kappa shape index (κ2) is 4.56. The molecule has 0 saturated heterocycles. The van der Waals surface area contributed by atoms with Crippen molar-refractivity contribution in [2.45, 2.75) is 13.2 Å². The van der Waals surface area contributed by atoms with Crippen molar-refractivity contribution < 1.29 is 10.2 Å². The molecule has 2 heteroatoms. The minimum Gasteiger partial charge on any atom is -0.365 e. The predicted molar refractivity (Wildman–Crippen MR) is 32.2 cm³/mol. The van der Waals surface area contributed by atoms with Gasteiger partial charge in [-0.15, -0.1) is 0 Å². The molecule has 0 aromatic rings. The summed E-state index contributed by atoms with van der Waals surface area (Å²) >= 11 is 0. The summed E-state index contributed by atoms with van der Waals surface area (Å²) in [5.74, 6) is 0. The van der Waals surface area contributed by atoms with Gasteiger partial charge in [0.05, 0.1) is 0 Å². The Hall–Kier alpha value is -0.600. The second-order valence-corrected chi connectivity index (χ2v) is 1.32. The number of aliphatic hydroxyl groups is 2. The summed E-state index contributed by atoms with van der Waals surface area (Å²) in [6, 6.07) is 0. The van der Waals surface area contributed by atoms with Gasteiger partial charge in [0.15, 0.2) is 6.29 Å². The molecule has 0 saturated carbocycles. The van der Waals surface area contributed by atoms with Crippen molar-refractivity contribution in [1.82, 2.24) is 0 Å². The number of allylic oxidation sites excluding steroid dienone is 3. The third kappa shape index (κ3) is 5.40. The average molecular weight is 114 g/mol. The van der Waals surface area contributed by atoms with E-state index in [1.54, 1.807) is 18.2 Å². The first kappa shape index (κ1) is 7.40. The predicted octanol–water partition coefficient (Wildman–Crippen LogP) is 0.429. The maximum absolute atomic E-state index is 8.21. The topological polar surface area (TPSA) is 40.5 Å². The molecule has 0 spiro atoms. The molecule has 2 N–H and O–H groups in total. The van der Waals surface area contributed by atoms with Crippen LogP contribution in [0.3, 0.4) is 0 Å². The zero-order valence-corrected chi connectivity index (χ0v) is 4.78. The molecule has 0 aromatic carbocycles. The fraction of sp³-hybridized carbons (Fsp3) is 0.333. The van der Waals surface area contributed by atoms with Gasteiger partial charge in [-0.3, -0.25) is 0 Å². The monoisotopic (exact) mass is 114 g/mol. The molecule has 0 bridgehead atoms. The second-order valence-electron chi connectivity index (χ2n) is 1.32. The van der Waals surface area contributed by atoms with Gasteiger partial charge in [-0.05, 0) is 13.0 Å². The van der Waals surface area contributed by atoms with Crippen LogP contribution < -0.4 is 0 Å². The normalized spacial score (nSPS) is 12.5. The average Bonchev–Trinajstić information content (AvgIpc) is 1.66. The zero-order chi connectivity index (χ0) is 6.41. The number of aliphatic hydroxyl groups excluding tert-OH is 1. The van der Waals surface area contributed by atoms with E-state index in [0.717, 1.165) is 0 Å². The van der Waals surface area contributed by atoms with E-state index < -0.39 is 6.29 Å². The molecule has 2 nitrogen and oxygen atoms in total. The summed E-state index contributed by atoms with van der Waals surface area (Å²) in [5, 5.41) is 16.4. The third-order valence-corrected chi connectivity index (χ3v) is 0.587. The van der Waals surface area contributed by atoms with Gasteiger partial charge in [0.1, 0.15) is 0 Å². The lowest BCUT2D eigenvalue weighted by Crippen LogP contribution is -1.96. The molecular weight excluding hydrogens is 104 g/mol. The largest absolute Gasteiger partial charge is 0.365 e.